The summed E-state index contributed by atoms with van der Waals surface area (Å²) in [6, 6.07) is 0. The fraction of sp³-hybridized carbons (Fsp3) is 1.00. The second-order valence-electron chi connectivity index (χ2n) is 3.28. The Bertz CT molecular complexity index is 99.4. The summed E-state index contributed by atoms with van der Waals surface area (Å²) in [6.45, 7) is 4.16. The normalized spacial score (nSPS) is 22.8. The van der Waals surface area contributed by atoms with E-state index in [1.807, 2.05) is 0 Å². The van der Waals surface area contributed by atoms with E-state index in [0.717, 1.165) is 0 Å². The fourth-order valence-corrected chi connectivity index (χ4v) is 0.993. The second-order valence-corrected chi connectivity index (χ2v) is 3.71. The monoisotopic (exact) mass is 162 g/mol. The highest BCUT2D eigenvalue weighted by molar-refractivity contribution is 6.19. The van der Waals surface area contributed by atoms with Crippen LogP contribution in [0.4, 0.5) is 0 Å². The third-order valence-corrected chi connectivity index (χ3v) is 2.51. The Morgan fingerprint density at radius 3 is 2.30 bits per heavy atom. The Morgan fingerprint density at radius 2 is 2.00 bits per heavy atom. The summed E-state index contributed by atoms with van der Waals surface area (Å²) in [5, 5.41) is 0. The molecule has 0 spiro atoms. The van der Waals surface area contributed by atoms with Crippen LogP contribution in [0.25, 0.3) is 0 Å². The van der Waals surface area contributed by atoms with Crippen LogP contribution in [0.15, 0.2) is 0 Å². The molecular formula is C8H15ClO. The van der Waals surface area contributed by atoms with Gasteiger partial charge >= 0.3 is 0 Å². The molecule has 0 bridgehead atoms. The largest absolute Gasteiger partial charge is 0.359 e. The van der Waals surface area contributed by atoms with Crippen LogP contribution in [-0.4, -0.2) is 11.7 Å². The van der Waals surface area contributed by atoms with Crippen LogP contribution < -0.4 is 0 Å². The van der Waals surface area contributed by atoms with Gasteiger partial charge in [0.15, 0.2) is 0 Å². The molecule has 0 aliphatic heterocycles. The van der Waals surface area contributed by atoms with E-state index < -0.39 is 0 Å². The molecular weight excluding hydrogens is 148 g/mol. The highest BCUT2D eigenvalue weighted by Gasteiger charge is 2.22. The standard InChI is InChI=1S/C8H15ClO/c1-6(2)8(9)10-7-4-3-5-7/h6-8H,3-5H2,1-2H3. The van der Waals surface area contributed by atoms with E-state index in [9.17, 15) is 0 Å². The molecule has 1 unspecified atom stereocenters. The highest BCUT2D eigenvalue weighted by Crippen LogP contribution is 2.26. The quantitative estimate of drug-likeness (QED) is 0.580. The molecule has 0 saturated heterocycles. The van der Waals surface area contributed by atoms with E-state index >= 15 is 0 Å². The van der Waals surface area contributed by atoms with E-state index in [1.165, 1.54) is 19.3 Å². The van der Waals surface area contributed by atoms with Gasteiger partial charge in [0.25, 0.3) is 0 Å². The van der Waals surface area contributed by atoms with Crippen molar-refractivity contribution in [3.8, 4) is 0 Å². The van der Waals surface area contributed by atoms with Gasteiger partial charge in [-0.25, -0.2) is 0 Å². The molecule has 0 aromatic carbocycles. The zero-order chi connectivity index (χ0) is 7.56. The molecule has 0 radical (unpaired) electrons. The van der Waals surface area contributed by atoms with Crippen LogP contribution in [0.3, 0.4) is 0 Å². The van der Waals surface area contributed by atoms with Crippen LogP contribution in [0.5, 0.6) is 0 Å². The minimum Gasteiger partial charge on any atom is -0.359 e. The molecule has 1 fully saturated rings. The zero-order valence-corrected chi connectivity index (χ0v) is 7.40. The Hall–Kier alpha value is 0.250. The molecule has 1 aliphatic rings. The van der Waals surface area contributed by atoms with Crippen LogP contribution >= 0.6 is 11.6 Å². The third kappa shape index (κ3) is 2.14. The molecule has 0 aromatic rings. The summed E-state index contributed by atoms with van der Waals surface area (Å²) in [7, 11) is 0. The molecule has 1 saturated carbocycles. The number of hydrogen-bond acceptors (Lipinski definition) is 1. The van der Waals surface area contributed by atoms with Crippen molar-refractivity contribution in [3.05, 3.63) is 0 Å². The summed E-state index contributed by atoms with van der Waals surface area (Å²) in [5.74, 6) is 0.433. The van der Waals surface area contributed by atoms with E-state index in [2.05, 4.69) is 13.8 Å². The van der Waals surface area contributed by atoms with E-state index in [1.54, 1.807) is 0 Å². The third-order valence-electron chi connectivity index (χ3n) is 1.90. The molecule has 60 valence electrons. The van der Waals surface area contributed by atoms with Crippen LogP contribution in [0, 0.1) is 5.92 Å². The molecule has 0 heterocycles. The molecule has 1 aliphatic carbocycles. The predicted molar refractivity (Wildman–Crippen MR) is 43.2 cm³/mol. The first-order valence-corrected chi connectivity index (χ1v) is 4.43. The lowest BCUT2D eigenvalue weighted by Gasteiger charge is -2.29. The average Bonchev–Trinajstić information content (AvgIpc) is 1.77. The molecule has 1 nitrogen and oxygen atoms in total. The molecule has 1 rings (SSSR count). The van der Waals surface area contributed by atoms with E-state index in [4.69, 9.17) is 16.3 Å². The van der Waals surface area contributed by atoms with Crippen molar-refractivity contribution in [3.63, 3.8) is 0 Å². The molecule has 0 amide bonds. The van der Waals surface area contributed by atoms with Gasteiger partial charge in [-0.3, -0.25) is 0 Å². The lowest BCUT2D eigenvalue weighted by Crippen LogP contribution is -2.27. The van der Waals surface area contributed by atoms with Gasteiger partial charge in [0, 0.05) is 0 Å². The van der Waals surface area contributed by atoms with Gasteiger partial charge in [-0.05, 0) is 25.2 Å². The topological polar surface area (TPSA) is 9.23 Å². The van der Waals surface area contributed by atoms with Crippen molar-refractivity contribution >= 4 is 11.6 Å². The lowest BCUT2D eigenvalue weighted by atomic mass is 9.96. The van der Waals surface area contributed by atoms with Crippen molar-refractivity contribution in [2.24, 2.45) is 5.92 Å². The van der Waals surface area contributed by atoms with Crippen molar-refractivity contribution in [2.45, 2.75) is 44.8 Å². The summed E-state index contributed by atoms with van der Waals surface area (Å²) in [6.07, 6.45) is 4.18. The summed E-state index contributed by atoms with van der Waals surface area (Å²) < 4.78 is 5.51. The number of ether oxygens (including phenoxy) is 1. The summed E-state index contributed by atoms with van der Waals surface area (Å²) in [5.41, 5.74) is -0.0784. The molecule has 10 heavy (non-hydrogen) atoms. The number of halogens is 1. The SMILES string of the molecule is CC(C)C(Cl)OC1CCC1. The zero-order valence-electron chi connectivity index (χ0n) is 6.64. The van der Waals surface area contributed by atoms with E-state index in [-0.39, 0.29) is 5.56 Å². The van der Waals surface area contributed by atoms with Gasteiger partial charge in [-0.15, -0.1) is 0 Å². The first kappa shape index (κ1) is 8.35. The Balaban J connectivity index is 2.10. The van der Waals surface area contributed by atoms with Gasteiger partial charge < -0.3 is 4.74 Å². The maximum absolute atomic E-state index is 5.90. The highest BCUT2D eigenvalue weighted by atomic mass is 35.5. The lowest BCUT2D eigenvalue weighted by molar-refractivity contribution is -0.0320. The Morgan fingerprint density at radius 1 is 1.40 bits per heavy atom. The van der Waals surface area contributed by atoms with Crippen molar-refractivity contribution in [1.82, 2.24) is 0 Å². The first-order chi connectivity index (χ1) is 4.70. The second kappa shape index (κ2) is 3.59. The minimum absolute atomic E-state index is 0.0784. The fourth-order valence-electron chi connectivity index (χ4n) is 0.848. The van der Waals surface area contributed by atoms with Gasteiger partial charge in [-0.2, -0.15) is 0 Å². The number of hydrogen-bond donors (Lipinski definition) is 0. The van der Waals surface area contributed by atoms with Crippen LogP contribution in [-0.2, 0) is 4.74 Å². The molecule has 2 heteroatoms. The smallest absolute Gasteiger partial charge is 0.133 e. The molecule has 1 atom stereocenters. The van der Waals surface area contributed by atoms with Gasteiger partial charge in [-0.1, -0.05) is 25.4 Å². The summed E-state index contributed by atoms with van der Waals surface area (Å²) >= 11 is 5.90. The predicted octanol–water partition coefficient (Wildman–Crippen LogP) is 2.78. The van der Waals surface area contributed by atoms with Gasteiger partial charge in [0.05, 0.1) is 6.10 Å². The van der Waals surface area contributed by atoms with E-state index in [0.29, 0.717) is 12.0 Å². The maximum atomic E-state index is 5.90. The molecule has 0 aromatic heterocycles. The van der Waals surface area contributed by atoms with Crippen LogP contribution in [0.1, 0.15) is 33.1 Å². The average molecular weight is 163 g/mol. The first-order valence-electron chi connectivity index (χ1n) is 3.99. The van der Waals surface area contributed by atoms with Crippen LogP contribution in [0.2, 0.25) is 0 Å². The molecule has 0 N–H and O–H groups in total. The van der Waals surface area contributed by atoms with Crippen molar-refractivity contribution in [1.29, 1.82) is 0 Å². The Kier molecular flexibility index (Phi) is 2.99. The Labute approximate surface area is 67.7 Å². The van der Waals surface area contributed by atoms with Gasteiger partial charge in [0.1, 0.15) is 5.56 Å². The van der Waals surface area contributed by atoms with Crippen molar-refractivity contribution in [2.75, 3.05) is 0 Å². The summed E-state index contributed by atoms with van der Waals surface area (Å²) in [4.78, 5) is 0. The maximum Gasteiger partial charge on any atom is 0.133 e. The minimum atomic E-state index is -0.0784. The van der Waals surface area contributed by atoms with Crippen molar-refractivity contribution < 1.29 is 4.74 Å². The number of rotatable bonds is 3. The number of alkyl halides is 1. The van der Waals surface area contributed by atoms with Gasteiger partial charge in [0.2, 0.25) is 0 Å².